The summed E-state index contributed by atoms with van der Waals surface area (Å²) < 4.78 is 0. The van der Waals surface area contributed by atoms with E-state index in [1.807, 2.05) is 20.8 Å². The van der Waals surface area contributed by atoms with Crippen LogP contribution >= 0.6 is 39.1 Å². The number of anilines is 1. The summed E-state index contributed by atoms with van der Waals surface area (Å²) in [5.41, 5.74) is -1.25. The Hall–Kier alpha value is -0.580. The van der Waals surface area contributed by atoms with Gasteiger partial charge in [0.1, 0.15) is 0 Å². The first kappa shape index (κ1) is 17.2. The van der Waals surface area contributed by atoms with Crippen LogP contribution in [0.2, 0.25) is 10.0 Å². The number of benzene rings is 1. The lowest BCUT2D eigenvalue weighted by Gasteiger charge is -2.39. The average Bonchev–Trinajstić information content (AvgIpc) is 2.76. The number of halogens is 3. The molecule has 3 atom stereocenters. The van der Waals surface area contributed by atoms with Crippen molar-refractivity contribution in [3.8, 4) is 0 Å². The SMILES string of the molecule is CC1(C)[C@@]2(C)CC[C@]1(C(=O)Nc1cccc(Cl)c1Cl)[C@H](Br)C2=O. The molecule has 2 saturated carbocycles. The summed E-state index contributed by atoms with van der Waals surface area (Å²) in [6.45, 7) is 5.99. The smallest absolute Gasteiger partial charge is 0.232 e. The van der Waals surface area contributed by atoms with Crippen LogP contribution in [0.5, 0.6) is 0 Å². The van der Waals surface area contributed by atoms with Crippen molar-refractivity contribution in [3.05, 3.63) is 28.2 Å². The van der Waals surface area contributed by atoms with Crippen molar-refractivity contribution in [2.45, 2.75) is 38.4 Å². The third-order valence-electron chi connectivity index (χ3n) is 6.33. The van der Waals surface area contributed by atoms with E-state index in [1.165, 1.54) is 0 Å². The Morgan fingerprint density at radius 3 is 2.48 bits per heavy atom. The monoisotopic (exact) mass is 417 g/mol. The molecule has 6 heteroatoms. The maximum absolute atomic E-state index is 13.2. The third-order valence-corrected chi connectivity index (χ3v) is 8.34. The lowest BCUT2D eigenvalue weighted by atomic mass is 9.64. The van der Waals surface area contributed by atoms with Crippen LogP contribution in [0.25, 0.3) is 0 Å². The van der Waals surface area contributed by atoms with Gasteiger partial charge in [-0.15, -0.1) is 0 Å². The molecule has 0 unspecified atom stereocenters. The van der Waals surface area contributed by atoms with Gasteiger partial charge in [-0.25, -0.2) is 0 Å². The first-order chi connectivity index (χ1) is 10.6. The number of ketones is 1. The first-order valence-electron chi connectivity index (χ1n) is 7.53. The topological polar surface area (TPSA) is 46.2 Å². The lowest BCUT2D eigenvalue weighted by molar-refractivity contribution is -0.130. The summed E-state index contributed by atoms with van der Waals surface area (Å²) in [5, 5.41) is 3.60. The van der Waals surface area contributed by atoms with E-state index in [9.17, 15) is 9.59 Å². The molecule has 2 aliphatic carbocycles. The fraction of sp³-hybridized carbons (Fsp3) is 0.529. The second-order valence-electron chi connectivity index (χ2n) is 7.21. The Morgan fingerprint density at radius 2 is 1.91 bits per heavy atom. The first-order valence-corrected chi connectivity index (χ1v) is 9.20. The van der Waals surface area contributed by atoms with E-state index in [0.29, 0.717) is 22.2 Å². The van der Waals surface area contributed by atoms with Gasteiger partial charge in [0.25, 0.3) is 0 Å². The quantitative estimate of drug-likeness (QED) is 0.679. The standard InChI is InChI=1S/C17H18BrCl2NO2/c1-15(2)16(3)7-8-17(15,12(18)13(16)22)14(23)21-10-6-4-5-9(19)11(10)20/h4-6,12H,7-8H2,1-3H3,(H,21,23)/t12-,16+,17-/m1/s1. The molecule has 2 bridgehead atoms. The van der Waals surface area contributed by atoms with Crippen molar-refractivity contribution in [1.82, 2.24) is 0 Å². The van der Waals surface area contributed by atoms with Gasteiger partial charge in [-0.05, 0) is 30.4 Å². The molecule has 2 fully saturated rings. The fourth-order valence-electron chi connectivity index (χ4n) is 4.29. The van der Waals surface area contributed by atoms with Crippen LogP contribution in [0.3, 0.4) is 0 Å². The molecule has 3 nitrogen and oxygen atoms in total. The zero-order chi connectivity index (χ0) is 17.2. The van der Waals surface area contributed by atoms with Crippen LogP contribution in [-0.2, 0) is 9.59 Å². The van der Waals surface area contributed by atoms with E-state index in [1.54, 1.807) is 18.2 Å². The predicted octanol–water partition coefficient (Wildman–Crippen LogP) is 5.09. The fourth-order valence-corrected chi connectivity index (χ4v) is 6.15. The Morgan fingerprint density at radius 1 is 1.26 bits per heavy atom. The van der Waals surface area contributed by atoms with Gasteiger partial charge in [-0.2, -0.15) is 0 Å². The van der Waals surface area contributed by atoms with Crippen LogP contribution in [0, 0.1) is 16.2 Å². The van der Waals surface area contributed by atoms with Crippen molar-refractivity contribution in [2.75, 3.05) is 5.32 Å². The highest BCUT2D eigenvalue weighted by Crippen LogP contribution is 2.72. The number of carbonyl (C=O) groups excluding carboxylic acids is 2. The van der Waals surface area contributed by atoms with Gasteiger partial charge in [-0.1, -0.05) is 66.0 Å². The molecule has 0 aliphatic heterocycles. The molecule has 0 saturated heterocycles. The molecule has 124 valence electrons. The highest BCUT2D eigenvalue weighted by molar-refractivity contribution is 9.10. The molecule has 1 amide bonds. The Bertz CT molecular complexity index is 721. The van der Waals surface area contributed by atoms with Gasteiger partial charge in [0.2, 0.25) is 5.91 Å². The number of fused-ring (bicyclic) bond motifs is 2. The van der Waals surface area contributed by atoms with Crippen LogP contribution < -0.4 is 5.32 Å². The second-order valence-corrected chi connectivity index (χ2v) is 8.91. The van der Waals surface area contributed by atoms with Gasteiger partial charge in [0.15, 0.2) is 5.78 Å². The molecule has 0 spiro atoms. The van der Waals surface area contributed by atoms with E-state index in [2.05, 4.69) is 21.2 Å². The van der Waals surface area contributed by atoms with Crippen LogP contribution in [0.15, 0.2) is 18.2 Å². The summed E-state index contributed by atoms with van der Waals surface area (Å²) >= 11 is 15.7. The Labute approximate surface area is 154 Å². The summed E-state index contributed by atoms with van der Waals surface area (Å²) in [7, 11) is 0. The number of carbonyl (C=O) groups is 2. The van der Waals surface area contributed by atoms with Crippen molar-refractivity contribution >= 4 is 56.5 Å². The molecule has 1 aromatic rings. The molecule has 1 aromatic carbocycles. The maximum atomic E-state index is 13.2. The molecule has 2 aliphatic rings. The minimum Gasteiger partial charge on any atom is -0.324 e. The van der Waals surface area contributed by atoms with Gasteiger partial charge in [0, 0.05) is 5.41 Å². The lowest BCUT2D eigenvalue weighted by Crippen LogP contribution is -2.48. The normalized spacial score (nSPS) is 34.7. The Balaban J connectivity index is 2.02. The molecular formula is C17H18BrCl2NO2. The second kappa shape index (κ2) is 5.21. The summed E-state index contributed by atoms with van der Waals surface area (Å²) in [6.07, 6.45) is 1.39. The Kier molecular flexibility index (Phi) is 3.90. The summed E-state index contributed by atoms with van der Waals surface area (Å²) in [5.74, 6) is -0.0655. The number of nitrogens with one attached hydrogen (secondary N) is 1. The number of Topliss-reactive ketones (excluding diaryl/α,β-unsaturated/α-hetero) is 1. The van der Waals surface area contributed by atoms with Crippen molar-refractivity contribution in [2.24, 2.45) is 16.2 Å². The van der Waals surface area contributed by atoms with Crippen molar-refractivity contribution < 1.29 is 9.59 Å². The molecule has 0 aromatic heterocycles. The molecule has 0 radical (unpaired) electrons. The number of hydrogen-bond donors (Lipinski definition) is 1. The van der Waals surface area contributed by atoms with Gasteiger partial charge >= 0.3 is 0 Å². The number of amides is 1. The van der Waals surface area contributed by atoms with E-state index < -0.39 is 21.1 Å². The largest absolute Gasteiger partial charge is 0.324 e. The summed E-state index contributed by atoms with van der Waals surface area (Å²) in [6, 6.07) is 5.11. The molecular weight excluding hydrogens is 401 g/mol. The van der Waals surface area contributed by atoms with Crippen LogP contribution in [0.4, 0.5) is 5.69 Å². The molecule has 23 heavy (non-hydrogen) atoms. The predicted molar refractivity (Wildman–Crippen MR) is 96.4 cm³/mol. The zero-order valence-corrected chi connectivity index (χ0v) is 16.3. The summed E-state index contributed by atoms with van der Waals surface area (Å²) in [4.78, 5) is 25.4. The zero-order valence-electron chi connectivity index (χ0n) is 13.2. The van der Waals surface area contributed by atoms with Crippen LogP contribution in [0.1, 0.15) is 33.6 Å². The minimum atomic E-state index is -0.787. The van der Waals surface area contributed by atoms with Crippen molar-refractivity contribution in [3.63, 3.8) is 0 Å². The van der Waals surface area contributed by atoms with E-state index >= 15 is 0 Å². The molecule has 0 heterocycles. The van der Waals surface area contributed by atoms with E-state index in [0.717, 1.165) is 6.42 Å². The van der Waals surface area contributed by atoms with Gasteiger partial charge in [0.05, 0.1) is 26.0 Å². The van der Waals surface area contributed by atoms with Gasteiger partial charge < -0.3 is 5.32 Å². The van der Waals surface area contributed by atoms with E-state index in [-0.39, 0.29) is 11.7 Å². The van der Waals surface area contributed by atoms with Gasteiger partial charge in [-0.3, -0.25) is 9.59 Å². The van der Waals surface area contributed by atoms with E-state index in [4.69, 9.17) is 23.2 Å². The minimum absolute atomic E-state index is 0.112. The number of hydrogen-bond acceptors (Lipinski definition) is 2. The number of rotatable bonds is 2. The number of alkyl halides is 1. The average molecular weight is 419 g/mol. The van der Waals surface area contributed by atoms with Crippen molar-refractivity contribution in [1.29, 1.82) is 0 Å². The molecule has 3 rings (SSSR count). The highest BCUT2D eigenvalue weighted by Gasteiger charge is 2.76. The van der Waals surface area contributed by atoms with Crippen LogP contribution in [-0.4, -0.2) is 16.5 Å². The highest BCUT2D eigenvalue weighted by atomic mass is 79.9. The maximum Gasteiger partial charge on any atom is 0.232 e. The third kappa shape index (κ3) is 1.95. The molecule has 1 N–H and O–H groups in total.